The number of amides is 2. The molecule has 0 radical (unpaired) electrons. The van der Waals surface area contributed by atoms with Gasteiger partial charge < -0.3 is 19.9 Å². The van der Waals surface area contributed by atoms with Crippen molar-refractivity contribution in [3.63, 3.8) is 0 Å². The van der Waals surface area contributed by atoms with Crippen molar-refractivity contribution in [2.24, 2.45) is 0 Å². The lowest BCUT2D eigenvalue weighted by atomic mass is 10.1. The number of rotatable bonds is 9. The molecule has 2 amide bonds. The van der Waals surface area contributed by atoms with E-state index >= 15 is 0 Å². The summed E-state index contributed by atoms with van der Waals surface area (Å²) in [6.07, 6.45) is 4.87. The Morgan fingerprint density at radius 3 is 2.29 bits per heavy atom. The maximum Gasteiger partial charge on any atom is 0.433 e. The molecule has 1 aliphatic heterocycles. The number of piperazine rings is 1. The molecule has 0 aromatic carbocycles. The Bertz CT molecular complexity index is 1410. The van der Waals surface area contributed by atoms with Gasteiger partial charge in [0.2, 0.25) is 5.91 Å². The highest BCUT2D eigenvalue weighted by Crippen LogP contribution is 2.30. The van der Waals surface area contributed by atoms with Crippen molar-refractivity contribution < 1.29 is 27.5 Å². The highest BCUT2D eigenvalue weighted by molar-refractivity contribution is 5.89. The Kier molecular flexibility index (Phi) is 8.55. The molecule has 3 aromatic rings. The highest BCUT2D eigenvalue weighted by atomic mass is 19.4. The Labute approximate surface area is 234 Å². The van der Waals surface area contributed by atoms with Crippen LogP contribution in [-0.2, 0) is 22.3 Å². The number of alkyl halides is 3. The van der Waals surface area contributed by atoms with Crippen LogP contribution in [0, 0.1) is 0 Å². The van der Waals surface area contributed by atoms with Crippen LogP contribution >= 0.6 is 0 Å². The molecule has 0 saturated carbocycles. The van der Waals surface area contributed by atoms with Gasteiger partial charge in [0, 0.05) is 44.1 Å². The zero-order valence-electron chi connectivity index (χ0n) is 22.0. The van der Waals surface area contributed by atoms with Crippen LogP contribution in [0.1, 0.15) is 5.69 Å². The minimum Gasteiger partial charge on any atom is -0.430 e. The van der Waals surface area contributed by atoms with E-state index in [2.05, 4.69) is 45.0 Å². The van der Waals surface area contributed by atoms with Crippen molar-refractivity contribution in [3.05, 3.63) is 92.7 Å². The molecule has 13 heteroatoms. The molecule has 0 spiro atoms. The number of nitrogens with one attached hydrogen (secondary N) is 1. The van der Waals surface area contributed by atoms with Gasteiger partial charge in [0.25, 0.3) is 0 Å². The topological polar surface area (TPSA) is 105 Å². The number of aromatic nitrogens is 4. The summed E-state index contributed by atoms with van der Waals surface area (Å²) in [5, 5.41) is 6.75. The SMILES string of the molecule is C=CC(C=C)(C=C)OC(=O)N1CCN(c2ccc(NC(=O)Cn3cc(-c4ccnc(C(F)(F)F)c4)cn3)nc2)CC1. The molecule has 0 bridgehead atoms. The molecule has 10 nitrogen and oxygen atoms in total. The first kappa shape index (κ1) is 29.1. The van der Waals surface area contributed by atoms with Crippen molar-refractivity contribution in [2.45, 2.75) is 18.3 Å². The van der Waals surface area contributed by atoms with E-state index in [1.807, 2.05) is 6.07 Å². The maximum atomic E-state index is 13.0. The molecule has 0 unspecified atom stereocenters. The van der Waals surface area contributed by atoms with Gasteiger partial charge in [-0.3, -0.25) is 14.5 Å². The van der Waals surface area contributed by atoms with E-state index in [0.29, 0.717) is 37.6 Å². The third kappa shape index (κ3) is 6.99. The van der Waals surface area contributed by atoms with Crippen molar-refractivity contribution in [2.75, 3.05) is 36.4 Å². The minimum atomic E-state index is -4.56. The Morgan fingerprint density at radius 2 is 1.68 bits per heavy atom. The van der Waals surface area contributed by atoms with E-state index in [1.54, 1.807) is 17.2 Å². The molecule has 1 aliphatic rings. The predicted molar refractivity (Wildman–Crippen MR) is 147 cm³/mol. The molecule has 41 heavy (non-hydrogen) atoms. The van der Waals surface area contributed by atoms with Gasteiger partial charge in [-0.05, 0) is 48.1 Å². The van der Waals surface area contributed by atoms with Crippen molar-refractivity contribution in [1.82, 2.24) is 24.6 Å². The van der Waals surface area contributed by atoms with Gasteiger partial charge in [0.05, 0.1) is 18.1 Å². The molecule has 4 heterocycles. The summed E-state index contributed by atoms with van der Waals surface area (Å²) in [5.74, 6) is -0.0840. The smallest absolute Gasteiger partial charge is 0.430 e. The van der Waals surface area contributed by atoms with Gasteiger partial charge in [-0.2, -0.15) is 18.3 Å². The summed E-state index contributed by atoms with van der Waals surface area (Å²) in [6.45, 7) is 12.8. The fourth-order valence-electron chi connectivity index (χ4n) is 4.08. The number of hydrogen-bond donors (Lipinski definition) is 1. The van der Waals surface area contributed by atoms with Crippen LogP contribution in [0.5, 0.6) is 0 Å². The molecule has 0 atom stereocenters. The molecule has 0 aliphatic carbocycles. The number of carbonyl (C=O) groups excluding carboxylic acids is 2. The lowest BCUT2D eigenvalue weighted by molar-refractivity contribution is -0.141. The second kappa shape index (κ2) is 12.1. The normalized spacial score (nSPS) is 13.8. The first-order valence-electron chi connectivity index (χ1n) is 12.5. The molecular formula is C28H28F3N7O3. The van der Waals surface area contributed by atoms with Crippen LogP contribution in [0.25, 0.3) is 11.1 Å². The zero-order valence-corrected chi connectivity index (χ0v) is 22.0. The quantitative estimate of drug-likeness (QED) is 0.378. The Morgan fingerprint density at radius 1 is 0.976 bits per heavy atom. The van der Waals surface area contributed by atoms with Gasteiger partial charge in [-0.1, -0.05) is 19.7 Å². The van der Waals surface area contributed by atoms with Crippen LogP contribution in [0.4, 0.5) is 29.5 Å². The largest absolute Gasteiger partial charge is 0.433 e. The summed E-state index contributed by atoms with van der Waals surface area (Å²) in [5.41, 5.74) is -0.611. The fourth-order valence-corrected chi connectivity index (χ4v) is 4.08. The molecule has 214 valence electrons. The van der Waals surface area contributed by atoms with E-state index < -0.39 is 29.5 Å². The number of anilines is 2. The van der Waals surface area contributed by atoms with Gasteiger partial charge in [-0.15, -0.1) is 0 Å². The van der Waals surface area contributed by atoms with E-state index in [4.69, 9.17) is 4.74 Å². The van der Waals surface area contributed by atoms with Crippen molar-refractivity contribution in [3.8, 4) is 11.1 Å². The van der Waals surface area contributed by atoms with Gasteiger partial charge in [0.1, 0.15) is 18.1 Å². The number of ether oxygens (including phenoxy) is 1. The maximum absolute atomic E-state index is 13.0. The van der Waals surface area contributed by atoms with Gasteiger partial charge in [0.15, 0.2) is 5.60 Å². The number of pyridine rings is 2. The van der Waals surface area contributed by atoms with Gasteiger partial charge >= 0.3 is 12.3 Å². The number of nitrogens with zero attached hydrogens (tertiary/aromatic N) is 6. The van der Waals surface area contributed by atoms with Crippen LogP contribution in [0.2, 0.25) is 0 Å². The molecular weight excluding hydrogens is 539 g/mol. The standard InChI is InChI=1S/C28H28F3N7O3/c1-4-27(5-2,6-3)41-26(40)37-13-11-36(12-14-37)22-7-8-24(33-17-22)35-25(39)19-38-18-21(16-34-38)20-9-10-32-23(15-20)28(29,30)31/h4-10,15-18H,1-3,11-14,19H2,(H,33,35,39). The number of halogens is 3. The molecule has 4 rings (SSSR count). The fraction of sp³-hybridized carbons (Fsp3) is 0.250. The second-order valence-corrected chi connectivity index (χ2v) is 9.11. The van der Waals surface area contributed by atoms with Crippen LogP contribution in [0.15, 0.2) is 87.0 Å². The van der Waals surface area contributed by atoms with Crippen LogP contribution in [0.3, 0.4) is 0 Å². The highest BCUT2D eigenvalue weighted by Gasteiger charge is 2.32. The van der Waals surface area contributed by atoms with Gasteiger partial charge in [-0.25, -0.2) is 9.78 Å². The third-order valence-corrected chi connectivity index (χ3v) is 6.46. The average molecular weight is 568 g/mol. The lowest BCUT2D eigenvalue weighted by Crippen LogP contribution is -2.50. The summed E-state index contributed by atoms with van der Waals surface area (Å²) in [7, 11) is 0. The van der Waals surface area contributed by atoms with Crippen LogP contribution < -0.4 is 10.2 Å². The molecule has 1 N–H and O–H groups in total. The molecule has 3 aromatic heterocycles. The number of hydrogen-bond acceptors (Lipinski definition) is 7. The monoisotopic (exact) mass is 567 g/mol. The zero-order chi connectivity index (χ0) is 29.6. The van der Waals surface area contributed by atoms with Crippen molar-refractivity contribution in [1.29, 1.82) is 0 Å². The van der Waals surface area contributed by atoms with E-state index in [-0.39, 0.29) is 12.1 Å². The number of carbonyl (C=O) groups is 2. The Hall–Kier alpha value is -4.94. The summed E-state index contributed by atoms with van der Waals surface area (Å²) in [4.78, 5) is 36.4. The predicted octanol–water partition coefficient (Wildman–Crippen LogP) is 4.55. The first-order chi connectivity index (χ1) is 19.6. The van der Waals surface area contributed by atoms with E-state index in [1.165, 1.54) is 41.4 Å². The first-order valence-corrected chi connectivity index (χ1v) is 12.5. The Balaban J connectivity index is 1.28. The minimum absolute atomic E-state index is 0.163. The summed E-state index contributed by atoms with van der Waals surface area (Å²) < 4.78 is 45.7. The second-order valence-electron chi connectivity index (χ2n) is 9.11. The average Bonchev–Trinajstić information content (AvgIpc) is 3.44. The van der Waals surface area contributed by atoms with E-state index in [9.17, 15) is 22.8 Å². The van der Waals surface area contributed by atoms with Crippen LogP contribution in [-0.4, -0.2) is 68.4 Å². The third-order valence-electron chi connectivity index (χ3n) is 6.46. The summed E-state index contributed by atoms with van der Waals surface area (Å²) in [6, 6.07) is 5.83. The summed E-state index contributed by atoms with van der Waals surface area (Å²) >= 11 is 0. The molecule has 1 saturated heterocycles. The van der Waals surface area contributed by atoms with Crippen molar-refractivity contribution >= 4 is 23.5 Å². The molecule has 1 fully saturated rings. The lowest BCUT2D eigenvalue weighted by Gasteiger charge is -2.36. The van der Waals surface area contributed by atoms with E-state index in [0.717, 1.165) is 18.0 Å².